The van der Waals surface area contributed by atoms with Gasteiger partial charge in [0.25, 0.3) is 0 Å². The van der Waals surface area contributed by atoms with Crippen LogP contribution in [0.3, 0.4) is 0 Å². The Morgan fingerprint density at radius 2 is 2.00 bits per heavy atom. The molecule has 1 heterocycles. The Bertz CT molecular complexity index is 775. The highest BCUT2D eigenvalue weighted by molar-refractivity contribution is 5.74. The number of nitrogens with zero attached hydrogens (tertiary/aromatic N) is 1. The Kier molecular flexibility index (Phi) is 7.59. The fourth-order valence-corrected chi connectivity index (χ4v) is 4.80. The number of likely N-dealkylation sites (tertiary alicyclic amines) is 1. The molecule has 1 aliphatic carbocycles. The minimum Gasteiger partial charge on any atom is -0.493 e. The predicted molar refractivity (Wildman–Crippen MR) is 116 cm³/mol. The first-order chi connectivity index (χ1) is 14.8. The molecule has 4 atom stereocenters. The van der Waals surface area contributed by atoms with Crippen LogP contribution in [-0.4, -0.2) is 67.3 Å². The summed E-state index contributed by atoms with van der Waals surface area (Å²) in [4.78, 5) is 25.0. The molecule has 1 aromatic carbocycles. The summed E-state index contributed by atoms with van der Waals surface area (Å²) in [5, 5.41) is 10.6. The van der Waals surface area contributed by atoms with Crippen molar-refractivity contribution in [3.05, 3.63) is 23.8 Å². The summed E-state index contributed by atoms with van der Waals surface area (Å²) in [6.45, 7) is 6.61. The van der Waals surface area contributed by atoms with E-state index in [-0.39, 0.29) is 18.6 Å². The molecule has 1 aromatic rings. The normalized spacial score (nSPS) is 26.4. The van der Waals surface area contributed by atoms with E-state index in [1.807, 2.05) is 30.0 Å². The highest BCUT2D eigenvalue weighted by Crippen LogP contribution is 2.47. The SMILES string of the molecule is COc1ccc(C2CN(CC(=O)O[C@@H](C)C=O)CC2(C)C(C)O)cc1OC1CCCC1. The first-order valence-corrected chi connectivity index (χ1v) is 11.2. The monoisotopic (exact) mass is 433 g/mol. The molecule has 172 valence electrons. The third-order valence-electron chi connectivity index (χ3n) is 6.80. The number of benzene rings is 1. The highest BCUT2D eigenvalue weighted by atomic mass is 16.5. The number of aliphatic hydroxyl groups is 1. The molecule has 7 nitrogen and oxygen atoms in total. The Morgan fingerprint density at radius 1 is 1.29 bits per heavy atom. The van der Waals surface area contributed by atoms with Crippen LogP contribution in [0.25, 0.3) is 0 Å². The van der Waals surface area contributed by atoms with Crippen LogP contribution >= 0.6 is 0 Å². The van der Waals surface area contributed by atoms with Crippen LogP contribution in [0.2, 0.25) is 0 Å². The van der Waals surface area contributed by atoms with Gasteiger partial charge in [-0.3, -0.25) is 14.5 Å². The van der Waals surface area contributed by atoms with E-state index in [0.29, 0.717) is 25.1 Å². The maximum atomic E-state index is 12.2. The van der Waals surface area contributed by atoms with E-state index in [1.54, 1.807) is 21.0 Å². The molecule has 7 heteroatoms. The molecule has 3 unspecified atom stereocenters. The molecule has 0 spiro atoms. The molecular weight excluding hydrogens is 398 g/mol. The van der Waals surface area contributed by atoms with Gasteiger partial charge in [-0.05, 0) is 57.2 Å². The summed E-state index contributed by atoms with van der Waals surface area (Å²) < 4.78 is 16.9. The van der Waals surface area contributed by atoms with Gasteiger partial charge in [-0.2, -0.15) is 0 Å². The first kappa shape index (κ1) is 23.5. The average molecular weight is 434 g/mol. The number of aliphatic hydroxyl groups excluding tert-OH is 1. The number of rotatable bonds is 9. The van der Waals surface area contributed by atoms with Crippen molar-refractivity contribution in [2.75, 3.05) is 26.7 Å². The first-order valence-electron chi connectivity index (χ1n) is 11.2. The zero-order chi connectivity index (χ0) is 22.6. The molecule has 2 aliphatic rings. The van der Waals surface area contributed by atoms with Gasteiger partial charge in [-0.25, -0.2) is 0 Å². The van der Waals surface area contributed by atoms with Crippen molar-refractivity contribution < 1.29 is 28.9 Å². The lowest BCUT2D eigenvalue weighted by molar-refractivity contribution is -0.151. The summed E-state index contributed by atoms with van der Waals surface area (Å²) >= 11 is 0. The Balaban J connectivity index is 1.81. The number of esters is 1. The topological polar surface area (TPSA) is 85.3 Å². The lowest BCUT2D eigenvalue weighted by Crippen LogP contribution is -2.38. The zero-order valence-electron chi connectivity index (χ0n) is 19.0. The van der Waals surface area contributed by atoms with E-state index in [4.69, 9.17) is 14.2 Å². The van der Waals surface area contributed by atoms with Gasteiger partial charge in [0.1, 0.15) is 0 Å². The van der Waals surface area contributed by atoms with Gasteiger partial charge in [0, 0.05) is 24.4 Å². The lowest BCUT2D eigenvalue weighted by Gasteiger charge is -2.34. The maximum absolute atomic E-state index is 12.2. The van der Waals surface area contributed by atoms with Crippen molar-refractivity contribution in [2.24, 2.45) is 5.41 Å². The highest BCUT2D eigenvalue weighted by Gasteiger charge is 2.47. The van der Waals surface area contributed by atoms with Crippen LogP contribution in [0.4, 0.5) is 0 Å². The fraction of sp³-hybridized carbons (Fsp3) is 0.667. The van der Waals surface area contributed by atoms with E-state index in [9.17, 15) is 14.7 Å². The second-order valence-corrected chi connectivity index (χ2v) is 9.17. The van der Waals surface area contributed by atoms with Crippen LogP contribution < -0.4 is 9.47 Å². The van der Waals surface area contributed by atoms with Gasteiger partial charge < -0.3 is 19.3 Å². The second-order valence-electron chi connectivity index (χ2n) is 9.17. The lowest BCUT2D eigenvalue weighted by atomic mass is 9.72. The molecule has 1 aliphatic heterocycles. The molecule has 2 fully saturated rings. The smallest absolute Gasteiger partial charge is 0.320 e. The van der Waals surface area contributed by atoms with E-state index < -0.39 is 23.6 Å². The summed E-state index contributed by atoms with van der Waals surface area (Å²) in [5.74, 6) is 1.00. The van der Waals surface area contributed by atoms with Crippen LogP contribution in [0.1, 0.15) is 57.9 Å². The third-order valence-corrected chi connectivity index (χ3v) is 6.80. The molecule has 1 N–H and O–H groups in total. The number of methoxy groups -OCH3 is 1. The van der Waals surface area contributed by atoms with Crippen molar-refractivity contribution in [2.45, 2.75) is 70.7 Å². The maximum Gasteiger partial charge on any atom is 0.320 e. The number of ether oxygens (including phenoxy) is 3. The van der Waals surface area contributed by atoms with Crippen LogP contribution in [0, 0.1) is 5.41 Å². The van der Waals surface area contributed by atoms with Crippen molar-refractivity contribution in [1.29, 1.82) is 0 Å². The molecule has 1 saturated carbocycles. The molecule has 3 rings (SSSR count). The minimum absolute atomic E-state index is 0.000582. The number of aldehydes is 1. The number of hydrogen-bond acceptors (Lipinski definition) is 7. The van der Waals surface area contributed by atoms with Gasteiger partial charge >= 0.3 is 5.97 Å². The van der Waals surface area contributed by atoms with E-state index in [0.717, 1.165) is 24.2 Å². The van der Waals surface area contributed by atoms with Crippen molar-refractivity contribution in [1.82, 2.24) is 4.90 Å². The Hall–Kier alpha value is -2.12. The number of carbonyl (C=O) groups is 2. The van der Waals surface area contributed by atoms with E-state index >= 15 is 0 Å². The number of carbonyl (C=O) groups excluding carboxylic acids is 2. The zero-order valence-corrected chi connectivity index (χ0v) is 19.0. The molecule has 0 amide bonds. The third kappa shape index (κ3) is 5.39. The summed E-state index contributed by atoms with van der Waals surface area (Å²) in [5.41, 5.74) is 0.602. The standard InChI is InChI=1S/C24H35NO6/c1-16(14-26)30-23(28)13-25-12-20(24(3,15-25)17(2)27)18-9-10-21(29-4)22(11-18)31-19-7-5-6-8-19/h9-11,14,16-17,19-20,27H,5-8,12-13,15H2,1-4H3/t16-,17?,20?,24?/m0/s1. The Morgan fingerprint density at radius 3 is 2.61 bits per heavy atom. The van der Waals surface area contributed by atoms with Crippen molar-refractivity contribution in [3.63, 3.8) is 0 Å². The van der Waals surface area contributed by atoms with E-state index in [2.05, 4.69) is 0 Å². The van der Waals surface area contributed by atoms with Crippen molar-refractivity contribution in [3.8, 4) is 11.5 Å². The van der Waals surface area contributed by atoms with Gasteiger partial charge in [0.2, 0.25) is 0 Å². The largest absolute Gasteiger partial charge is 0.493 e. The summed E-state index contributed by atoms with van der Waals surface area (Å²) in [6.07, 6.45) is 3.95. The summed E-state index contributed by atoms with van der Waals surface area (Å²) in [7, 11) is 1.64. The van der Waals surface area contributed by atoms with Gasteiger partial charge in [0.05, 0.1) is 25.9 Å². The van der Waals surface area contributed by atoms with Crippen LogP contribution in [0.15, 0.2) is 18.2 Å². The molecule has 0 radical (unpaired) electrons. The predicted octanol–water partition coefficient (Wildman–Crippen LogP) is 2.93. The quantitative estimate of drug-likeness (QED) is 0.473. The second kappa shape index (κ2) is 10.0. The van der Waals surface area contributed by atoms with Gasteiger partial charge in [-0.15, -0.1) is 0 Å². The van der Waals surface area contributed by atoms with Gasteiger partial charge in [0.15, 0.2) is 23.9 Å². The van der Waals surface area contributed by atoms with Crippen LogP contribution in [0.5, 0.6) is 11.5 Å². The Labute approximate surface area is 184 Å². The average Bonchev–Trinajstić information content (AvgIpc) is 3.36. The number of hydrogen-bond donors (Lipinski definition) is 1. The molecule has 1 saturated heterocycles. The van der Waals surface area contributed by atoms with Crippen LogP contribution in [-0.2, 0) is 14.3 Å². The molecular formula is C24H35NO6. The van der Waals surface area contributed by atoms with E-state index in [1.165, 1.54) is 12.8 Å². The molecule has 31 heavy (non-hydrogen) atoms. The van der Waals surface area contributed by atoms with Crippen molar-refractivity contribution >= 4 is 12.3 Å². The molecule has 0 aromatic heterocycles. The van der Waals surface area contributed by atoms with Gasteiger partial charge in [-0.1, -0.05) is 13.0 Å². The summed E-state index contributed by atoms with van der Waals surface area (Å²) in [6, 6.07) is 5.96. The molecule has 0 bridgehead atoms. The minimum atomic E-state index is -0.758. The fourth-order valence-electron chi connectivity index (χ4n) is 4.80.